The van der Waals surface area contributed by atoms with E-state index < -0.39 is 11.8 Å². The van der Waals surface area contributed by atoms with Crippen LogP contribution in [0.2, 0.25) is 0 Å². The van der Waals surface area contributed by atoms with Crippen LogP contribution in [0.5, 0.6) is 0 Å². The fourth-order valence-corrected chi connectivity index (χ4v) is 9.20. The van der Waals surface area contributed by atoms with E-state index in [0.717, 1.165) is 72.6 Å². The molecule has 18 nitrogen and oxygen atoms in total. The normalized spacial score (nSPS) is 15.8. The maximum atomic E-state index is 13.9. The first-order chi connectivity index (χ1) is 30.8. The average molecular weight is 871 g/mol. The molecule has 0 radical (unpaired) electrons. The van der Waals surface area contributed by atoms with E-state index in [9.17, 15) is 19.2 Å². The zero-order chi connectivity index (χ0) is 45.4. The molecule has 6 heterocycles. The molecule has 2 aromatic carbocycles. The number of hydrogen-bond donors (Lipinski definition) is 4. The van der Waals surface area contributed by atoms with Crippen LogP contribution in [0.25, 0.3) is 22.1 Å². The lowest BCUT2D eigenvalue weighted by Crippen LogP contribution is -2.37. The highest BCUT2D eigenvalue weighted by atomic mass is 16.2. The number of nitrogens with zero attached hydrogens (tertiary/aromatic N) is 10. The molecule has 18 heteroatoms. The molecule has 6 N–H and O–H groups in total. The molecular weight excluding hydrogens is 813 g/mol. The summed E-state index contributed by atoms with van der Waals surface area (Å²) in [6.45, 7) is 15.7. The van der Waals surface area contributed by atoms with Crippen molar-refractivity contribution < 1.29 is 19.2 Å². The van der Waals surface area contributed by atoms with Crippen LogP contribution in [-0.2, 0) is 13.1 Å². The van der Waals surface area contributed by atoms with Crippen molar-refractivity contribution in [2.24, 2.45) is 11.5 Å². The Hall–Kier alpha value is -6.98. The SMILES string of the molecule is CCCCN1C[C@H](C/C=C\C[C@H]2CN(CCCC)c3cc(C(N)=O)cc4nc(NC(=O)c5cc(C)nn5CC)n2c34)n2c(NC(=O)c3cc(C)nn3CC)nc3cc(C(N)=O)cc1c32. The van der Waals surface area contributed by atoms with Crippen molar-refractivity contribution in [3.8, 4) is 0 Å². The molecule has 8 rings (SSSR count). The highest BCUT2D eigenvalue weighted by Gasteiger charge is 2.34. The van der Waals surface area contributed by atoms with E-state index in [4.69, 9.17) is 21.4 Å². The largest absolute Gasteiger partial charge is 0.368 e. The second-order valence-corrected chi connectivity index (χ2v) is 16.8. The number of hydrogen-bond acceptors (Lipinski definition) is 10. The van der Waals surface area contributed by atoms with Crippen LogP contribution < -0.4 is 31.9 Å². The molecule has 0 spiro atoms. The maximum Gasteiger partial charge on any atom is 0.276 e. The minimum absolute atomic E-state index is 0.139. The van der Waals surface area contributed by atoms with Gasteiger partial charge in [-0.1, -0.05) is 38.8 Å². The number of nitrogens with two attached hydrogens (primary N) is 2. The van der Waals surface area contributed by atoms with Gasteiger partial charge in [-0.05, 0) is 89.8 Å². The molecule has 0 bridgehead atoms. The summed E-state index contributed by atoms with van der Waals surface area (Å²) >= 11 is 0. The van der Waals surface area contributed by atoms with Gasteiger partial charge in [0, 0.05) is 50.4 Å². The summed E-state index contributed by atoms with van der Waals surface area (Å²) in [5.41, 5.74) is 19.2. The van der Waals surface area contributed by atoms with Crippen molar-refractivity contribution in [3.05, 3.63) is 82.5 Å². The van der Waals surface area contributed by atoms with Crippen molar-refractivity contribution in [1.29, 1.82) is 0 Å². The number of primary amides is 2. The fourth-order valence-electron chi connectivity index (χ4n) is 9.20. The number of carbonyl (C=O) groups excluding carboxylic acids is 4. The number of imidazole rings is 2. The summed E-state index contributed by atoms with van der Waals surface area (Å²) in [4.78, 5) is 67.4. The van der Waals surface area contributed by atoms with Crippen LogP contribution in [0, 0.1) is 13.8 Å². The minimum atomic E-state index is -0.548. The number of anilines is 4. The first kappa shape index (κ1) is 43.7. The lowest BCUT2D eigenvalue weighted by atomic mass is 10.0. The number of nitrogens with one attached hydrogen (secondary N) is 2. The van der Waals surface area contributed by atoms with Crippen LogP contribution in [0.15, 0.2) is 48.6 Å². The minimum Gasteiger partial charge on any atom is -0.368 e. The molecule has 0 fully saturated rings. The molecule has 6 aromatic rings. The van der Waals surface area contributed by atoms with Gasteiger partial charge in [-0.15, -0.1) is 0 Å². The van der Waals surface area contributed by atoms with E-state index >= 15 is 0 Å². The molecule has 2 aliphatic rings. The Kier molecular flexibility index (Phi) is 12.3. The molecule has 0 aliphatic carbocycles. The third-order valence-corrected chi connectivity index (χ3v) is 12.2. The molecule has 2 atom stereocenters. The number of carbonyl (C=O) groups is 4. The van der Waals surface area contributed by atoms with E-state index in [1.165, 1.54) is 0 Å². The molecule has 2 aliphatic heterocycles. The van der Waals surface area contributed by atoms with Gasteiger partial charge in [0.05, 0.1) is 56.9 Å². The molecule has 4 aromatic heterocycles. The van der Waals surface area contributed by atoms with Gasteiger partial charge in [0.15, 0.2) is 0 Å². The van der Waals surface area contributed by atoms with Crippen LogP contribution in [0.1, 0.15) is 131 Å². The summed E-state index contributed by atoms with van der Waals surface area (Å²) in [5, 5.41) is 15.1. The summed E-state index contributed by atoms with van der Waals surface area (Å²) < 4.78 is 7.52. The van der Waals surface area contributed by atoms with Gasteiger partial charge in [0.2, 0.25) is 23.7 Å². The summed E-state index contributed by atoms with van der Waals surface area (Å²) in [6.07, 6.45) is 9.42. The number of unbranched alkanes of at least 4 members (excludes halogenated alkanes) is 2. The van der Waals surface area contributed by atoms with Crippen LogP contribution in [0.3, 0.4) is 0 Å². The second kappa shape index (κ2) is 18.0. The zero-order valence-electron chi connectivity index (χ0n) is 37.5. The van der Waals surface area contributed by atoms with E-state index in [0.29, 0.717) is 84.5 Å². The average Bonchev–Trinajstić information content (AvgIpc) is 4.05. The van der Waals surface area contributed by atoms with Crippen LogP contribution in [0.4, 0.5) is 23.3 Å². The Bertz CT molecular complexity index is 2620. The van der Waals surface area contributed by atoms with Gasteiger partial charge in [0.1, 0.15) is 11.4 Å². The Balaban J connectivity index is 1.15. The molecule has 64 heavy (non-hydrogen) atoms. The summed E-state index contributed by atoms with van der Waals surface area (Å²) in [6, 6.07) is 10.3. The van der Waals surface area contributed by atoms with Gasteiger partial charge in [-0.25, -0.2) is 9.97 Å². The molecule has 0 unspecified atom stereocenters. The van der Waals surface area contributed by atoms with Crippen molar-refractivity contribution in [1.82, 2.24) is 38.7 Å². The van der Waals surface area contributed by atoms with E-state index in [-0.39, 0.29) is 23.9 Å². The fraction of sp³-hybridized carbons (Fsp3) is 0.435. The quantitative estimate of drug-likeness (QED) is 0.0687. The topological polar surface area (TPSA) is 222 Å². The second-order valence-electron chi connectivity index (χ2n) is 16.8. The van der Waals surface area contributed by atoms with Crippen LogP contribution in [-0.4, -0.2) is 88.5 Å². The summed E-state index contributed by atoms with van der Waals surface area (Å²) in [7, 11) is 0. The highest BCUT2D eigenvalue weighted by Crippen LogP contribution is 2.42. The standard InChI is InChI=1S/C46H58N14O4/c1-7-11-17-55-25-31(59-39-33(21-29(41(47)61)23-35(39)55)49-45(59)51-43(63)37-19-27(5)53-57(37)9-3)15-13-14-16-32-26-56(18-12-8-2)36-24-30(42(48)62)22-34-40(36)60(32)46(50-34)52-44(64)38-20-28(6)54-58(38)10-4/h13-14,19-24,31-32H,7-12,15-18,25-26H2,1-6H3,(H2,47,61)(H2,48,62)(H,49,51,63)(H,50,52,64)/b14-13-/t31-,32-/m0/s1. The molecule has 0 saturated heterocycles. The van der Waals surface area contributed by atoms with Crippen LogP contribution >= 0.6 is 0 Å². The van der Waals surface area contributed by atoms with Gasteiger partial charge >= 0.3 is 0 Å². The molecule has 0 saturated carbocycles. The number of aromatic nitrogens is 8. The maximum absolute atomic E-state index is 13.9. The third-order valence-electron chi connectivity index (χ3n) is 12.2. The van der Waals surface area contributed by atoms with Gasteiger partial charge in [0.25, 0.3) is 11.8 Å². The number of aryl methyl sites for hydroxylation is 4. The van der Waals surface area contributed by atoms with Gasteiger partial charge in [-0.2, -0.15) is 10.2 Å². The Morgan fingerprint density at radius 3 is 1.41 bits per heavy atom. The lowest BCUT2D eigenvalue weighted by molar-refractivity contribution is 0.0992. The third kappa shape index (κ3) is 8.19. The smallest absolute Gasteiger partial charge is 0.276 e. The molecule has 4 amide bonds. The number of rotatable bonds is 18. The Labute approximate surface area is 371 Å². The van der Waals surface area contributed by atoms with Gasteiger partial charge < -0.3 is 30.4 Å². The summed E-state index contributed by atoms with van der Waals surface area (Å²) in [5.74, 6) is -0.994. The van der Waals surface area contributed by atoms with Crippen molar-refractivity contribution in [2.45, 2.75) is 105 Å². The van der Waals surface area contributed by atoms with E-state index in [2.05, 4.69) is 65.8 Å². The Morgan fingerprint density at radius 2 is 1.05 bits per heavy atom. The molecule has 336 valence electrons. The Morgan fingerprint density at radius 1 is 0.641 bits per heavy atom. The van der Waals surface area contributed by atoms with Crippen molar-refractivity contribution in [3.63, 3.8) is 0 Å². The first-order valence-corrected chi connectivity index (χ1v) is 22.4. The number of amides is 4. The zero-order valence-corrected chi connectivity index (χ0v) is 37.5. The van der Waals surface area contributed by atoms with E-state index in [1.807, 2.05) is 39.8 Å². The van der Waals surface area contributed by atoms with E-state index in [1.54, 1.807) is 33.6 Å². The predicted molar refractivity (Wildman–Crippen MR) is 248 cm³/mol. The first-order valence-electron chi connectivity index (χ1n) is 22.4. The predicted octanol–water partition coefficient (Wildman–Crippen LogP) is 6.50. The monoisotopic (exact) mass is 870 g/mol. The number of allylic oxidation sites excluding steroid dienone is 2. The van der Waals surface area contributed by atoms with Crippen molar-refractivity contribution >= 4 is 69.0 Å². The highest BCUT2D eigenvalue weighted by molar-refractivity contribution is 6.07. The van der Waals surface area contributed by atoms with Gasteiger partial charge in [-0.3, -0.25) is 39.2 Å². The number of benzene rings is 2. The molecular formula is C46H58N14O4. The van der Waals surface area contributed by atoms with Crippen molar-refractivity contribution in [2.75, 3.05) is 46.6 Å². The lowest BCUT2D eigenvalue weighted by Gasteiger charge is -2.37.